The number of likely N-dealkylation sites (tertiary alicyclic amines) is 1. The molecule has 0 spiro atoms. The average molecular weight is 281 g/mol. The van der Waals surface area contributed by atoms with Crippen LogP contribution in [0.4, 0.5) is 8.78 Å². The summed E-state index contributed by atoms with van der Waals surface area (Å²) in [6.45, 7) is 1.96. The zero-order valence-electron chi connectivity index (χ0n) is 11.6. The van der Waals surface area contributed by atoms with Gasteiger partial charge in [0.25, 0.3) is 0 Å². The monoisotopic (exact) mass is 281 g/mol. The molecule has 0 amide bonds. The van der Waals surface area contributed by atoms with Gasteiger partial charge in [-0.2, -0.15) is 0 Å². The zero-order chi connectivity index (χ0) is 14.2. The topological polar surface area (TPSA) is 23.5 Å². The molecule has 20 heavy (non-hydrogen) atoms. The van der Waals surface area contributed by atoms with Gasteiger partial charge in [0.2, 0.25) is 0 Å². The van der Waals surface area contributed by atoms with Crippen LogP contribution in [0.5, 0.6) is 0 Å². The van der Waals surface area contributed by atoms with E-state index in [4.69, 9.17) is 0 Å². The summed E-state index contributed by atoms with van der Waals surface area (Å²) in [6.07, 6.45) is 5.45. The molecule has 0 aromatic heterocycles. The van der Waals surface area contributed by atoms with Gasteiger partial charge in [0.1, 0.15) is 11.6 Å². The fourth-order valence-electron chi connectivity index (χ4n) is 3.96. The van der Waals surface area contributed by atoms with Crippen molar-refractivity contribution in [1.29, 1.82) is 0 Å². The molecule has 1 unspecified atom stereocenters. The summed E-state index contributed by atoms with van der Waals surface area (Å²) in [5, 5.41) is 10.8. The highest BCUT2D eigenvalue weighted by Crippen LogP contribution is 2.46. The molecule has 1 heterocycles. The summed E-state index contributed by atoms with van der Waals surface area (Å²) in [7, 11) is 0. The molecule has 3 rings (SSSR count). The first-order chi connectivity index (χ1) is 9.62. The Morgan fingerprint density at radius 1 is 0.950 bits per heavy atom. The van der Waals surface area contributed by atoms with Gasteiger partial charge < -0.3 is 5.11 Å². The molecule has 1 aromatic rings. The Kier molecular flexibility index (Phi) is 3.78. The van der Waals surface area contributed by atoms with Gasteiger partial charge in [-0.1, -0.05) is 12.8 Å². The van der Waals surface area contributed by atoms with Crippen LogP contribution in [0.2, 0.25) is 0 Å². The highest BCUT2D eigenvalue weighted by molar-refractivity contribution is 5.24. The van der Waals surface area contributed by atoms with Crippen molar-refractivity contribution in [1.82, 2.24) is 4.90 Å². The first kappa shape index (κ1) is 14.0. The van der Waals surface area contributed by atoms with E-state index in [2.05, 4.69) is 4.90 Å². The molecular weight excluding hydrogens is 260 g/mol. The van der Waals surface area contributed by atoms with Gasteiger partial charge in [-0.15, -0.1) is 0 Å². The van der Waals surface area contributed by atoms with E-state index in [1.807, 2.05) is 0 Å². The van der Waals surface area contributed by atoms with Crippen molar-refractivity contribution in [3.8, 4) is 0 Å². The maximum Gasteiger partial charge on any atom is 0.126 e. The molecule has 110 valence electrons. The largest absolute Gasteiger partial charge is 0.386 e. The van der Waals surface area contributed by atoms with Gasteiger partial charge in [0.05, 0.1) is 11.6 Å². The maximum absolute atomic E-state index is 13.4. The lowest BCUT2D eigenvalue weighted by atomic mass is 9.84. The predicted octanol–water partition coefficient (Wildman–Crippen LogP) is 3.41. The Morgan fingerprint density at radius 3 is 2.05 bits per heavy atom. The van der Waals surface area contributed by atoms with Crippen LogP contribution in [0, 0.1) is 11.6 Å². The SMILES string of the molecule is OC(c1cc(F)cc(F)c1)C1(N2CCCC2)CCCC1. The number of benzene rings is 1. The smallest absolute Gasteiger partial charge is 0.126 e. The molecule has 1 saturated heterocycles. The van der Waals surface area contributed by atoms with E-state index in [1.54, 1.807) is 0 Å². The number of aliphatic hydroxyl groups excluding tert-OH is 1. The molecule has 4 heteroatoms. The van der Waals surface area contributed by atoms with Crippen molar-refractivity contribution >= 4 is 0 Å². The Balaban J connectivity index is 1.94. The van der Waals surface area contributed by atoms with E-state index in [-0.39, 0.29) is 5.54 Å². The standard InChI is InChI=1S/C16H21F2NO/c17-13-9-12(10-14(18)11-13)15(20)16(5-1-2-6-16)19-7-3-4-8-19/h9-11,15,20H,1-8H2. The van der Waals surface area contributed by atoms with Crippen molar-refractivity contribution in [2.75, 3.05) is 13.1 Å². The second-order valence-electron chi connectivity index (χ2n) is 6.11. The van der Waals surface area contributed by atoms with Gasteiger partial charge in [-0.3, -0.25) is 4.90 Å². The van der Waals surface area contributed by atoms with Crippen molar-refractivity contribution in [2.45, 2.75) is 50.2 Å². The molecule has 1 aliphatic heterocycles. The first-order valence-electron chi connectivity index (χ1n) is 7.51. The van der Waals surface area contributed by atoms with E-state index < -0.39 is 17.7 Å². The number of aliphatic hydroxyl groups is 1. The van der Waals surface area contributed by atoms with Gasteiger partial charge in [-0.05, 0) is 56.5 Å². The van der Waals surface area contributed by atoms with Gasteiger partial charge >= 0.3 is 0 Å². The Bertz CT molecular complexity index is 459. The van der Waals surface area contributed by atoms with Gasteiger partial charge in [0, 0.05) is 6.07 Å². The Labute approximate surface area is 118 Å². The van der Waals surface area contributed by atoms with Gasteiger partial charge in [0.15, 0.2) is 0 Å². The fraction of sp³-hybridized carbons (Fsp3) is 0.625. The minimum atomic E-state index is -0.812. The van der Waals surface area contributed by atoms with E-state index in [9.17, 15) is 13.9 Å². The van der Waals surface area contributed by atoms with Crippen molar-refractivity contribution in [3.05, 3.63) is 35.4 Å². The van der Waals surface area contributed by atoms with E-state index >= 15 is 0 Å². The van der Waals surface area contributed by atoms with Crippen molar-refractivity contribution in [2.24, 2.45) is 0 Å². The lowest BCUT2D eigenvalue weighted by Gasteiger charge is -2.42. The molecule has 2 fully saturated rings. The Hall–Kier alpha value is -1.00. The van der Waals surface area contributed by atoms with Crippen LogP contribution in [0.25, 0.3) is 0 Å². The van der Waals surface area contributed by atoms with Crippen molar-refractivity contribution in [3.63, 3.8) is 0 Å². The highest BCUT2D eigenvalue weighted by Gasteiger charge is 2.46. The van der Waals surface area contributed by atoms with Crippen LogP contribution in [0.3, 0.4) is 0 Å². The third kappa shape index (κ3) is 2.35. The second kappa shape index (κ2) is 5.41. The number of halogens is 2. The minimum absolute atomic E-state index is 0.323. The third-order valence-corrected chi connectivity index (χ3v) is 4.91. The molecule has 1 saturated carbocycles. The second-order valence-corrected chi connectivity index (χ2v) is 6.11. The summed E-state index contributed by atoms with van der Waals surface area (Å²) < 4.78 is 26.8. The summed E-state index contributed by atoms with van der Waals surface area (Å²) in [6, 6.07) is 3.39. The molecule has 2 aliphatic rings. The van der Waals surface area contributed by atoms with Crippen LogP contribution < -0.4 is 0 Å². The van der Waals surface area contributed by atoms with E-state index in [1.165, 1.54) is 12.1 Å². The van der Waals surface area contributed by atoms with Crippen LogP contribution in [-0.4, -0.2) is 28.6 Å². The van der Waals surface area contributed by atoms with E-state index in [0.717, 1.165) is 57.7 Å². The molecule has 2 nitrogen and oxygen atoms in total. The van der Waals surface area contributed by atoms with Crippen LogP contribution in [0.1, 0.15) is 50.2 Å². The number of hydrogen-bond acceptors (Lipinski definition) is 2. The summed E-state index contributed by atoms with van der Waals surface area (Å²) in [4.78, 5) is 2.34. The van der Waals surface area contributed by atoms with Crippen molar-refractivity contribution < 1.29 is 13.9 Å². The first-order valence-corrected chi connectivity index (χ1v) is 7.51. The number of nitrogens with zero attached hydrogens (tertiary/aromatic N) is 1. The molecule has 1 N–H and O–H groups in total. The van der Waals surface area contributed by atoms with Gasteiger partial charge in [-0.25, -0.2) is 8.78 Å². The molecule has 0 radical (unpaired) electrons. The maximum atomic E-state index is 13.4. The molecule has 1 atom stereocenters. The normalized spacial score (nSPS) is 24.1. The minimum Gasteiger partial charge on any atom is -0.386 e. The highest BCUT2D eigenvalue weighted by atomic mass is 19.1. The molecular formula is C16H21F2NO. The molecule has 1 aromatic carbocycles. The summed E-state index contributed by atoms with van der Waals surface area (Å²) in [5.41, 5.74) is 0.0489. The third-order valence-electron chi connectivity index (χ3n) is 4.91. The average Bonchev–Trinajstić information content (AvgIpc) is 3.08. The van der Waals surface area contributed by atoms with Crippen LogP contribution in [-0.2, 0) is 0 Å². The summed E-state index contributed by atoms with van der Waals surface area (Å²) in [5.74, 6) is -1.23. The van der Waals surface area contributed by atoms with Crippen LogP contribution >= 0.6 is 0 Å². The molecule has 1 aliphatic carbocycles. The van der Waals surface area contributed by atoms with Crippen LogP contribution in [0.15, 0.2) is 18.2 Å². The summed E-state index contributed by atoms with van der Waals surface area (Å²) >= 11 is 0. The molecule has 0 bridgehead atoms. The van der Waals surface area contributed by atoms with E-state index in [0.29, 0.717) is 5.56 Å². The lowest BCUT2D eigenvalue weighted by molar-refractivity contribution is -0.0198. The number of hydrogen-bond donors (Lipinski definition) is 1. The Morgan fingerprint density at radius 2 is 1.50 bits per heavy atom. The number of rotatable bonds is 3. The lowest BCUT2D eigenvalue weighted by Crippen LogP contribution is -2.49. The quantitative estimate of drug-likeness (QED) is 0.918. The predicted molar refractivity (Wildman–Crippen MR) is 73.3 cm³/mol. The zero-order valence-corrected chi connectivity index (χ0v) is 11.6. The fourth-order valence-corrected chi connectivity index (χ4v) is 3.96.